The molecule has 0 spiro atoms. The molecule has 3 rings (SSSR count). The number of ether oxygens (including phenoxy) is 1. The van der Waals surface area contributed by atoms with E-state index in [1.54, 1.807) is 0 Å². The van der Waals surface area contributed by atoms with Crippen molar-refractivity contribution in [2.45, 2.75) is 18.9 Å². The molecular weight excluding hydrogens is 204 g/mol. The zero-order chi connectivity index (χ0) is 11.1. The number of methoxy groups -OCH3 is 1. The molecule has 2 aliphatic heterocycles. The quantitative estimate of drug-likeness (QED) is 0.675. The van der Waals surface area contributed by atoms with Gasteiger partial charge in [-0.2, -0.15) is 0 Å². The van der Waals surface area contributed by atoms with Crippen molar-refractivity contribution in [3.63, 3.8) is 0 Å². The third-order valence-electron chi connectivity index (χ3n) is 4.48. The number of rotatable bonds is 2. The van der Waals surface area contributed by atoms with E-state index in [1.807, 2.05) is 0 Å². The van der Waals surface area contributed by atoms with Gasteiger partial charge in [-0.1, -0.05) is 0 Å². The van der Waals surface area contributed by atoms with Gasteiger partial charge in [-0.15, -0.1) is 0 Å². The number of hydrogen-bond acceptors (Lipinski definition) is 4. The molecule has 0 aromatic rings. The fourth-order valence-corrected chi connectivity index (χ4v) is 3.49. The molecule has 2 heterocycles. The van der Waals surface area contributed by atoms with Crippen LogP contribution in [0.5, 0.6) is 0 Å². The Balaban J connectivity index is 1.52. The SMILES string of the molecule is COC(=O)C1C2CN(C3CCCNC3)CC21. The molecule has 4 heteroatoms. The second-order valence-electron chi connectivity index (χ2n) is 5.33. The minimum atomic E-state index is 0.0106. The number of esters is 1. The molecule has 3 unspecified atom stereocenters. The molecule has 0 aromatic carbocycles. The molecule has 0 radical (unpaired) electrons. The van der Waals surface area contributed by atoms with Gasteiger partial charge in [-0.3, -0.25) is 9.69 Å². The third kappa shape index (κ3) is 1.64. The molecule has 3 atom stereocenters. The number of hydrogen-bond donors (Lipinski definition) is 1. The Hall–Kier alpha value is -0.610. The van der Waals surface area contributed by atoms with Crippen molar-refractivity contribution in [2.24, 2.45) is 17.8 Å². The van der Waals surface area contributed by atoms with E-state index in [0.29, 0.717) is 17.9 Å². The predicted molar refractivity (Wildman–Crippen MR) is 60.0 cm³/mol. The van der Waals surface area contributed by atoms with Crippen LogP contribution in [0.4, 0.5) is 0 Å². The van der Waals surface area contributed by atoms with Gasteiger partial charge in [0.25, 0.3) is 0 Å². The van der Waals surface area contributed by atoms with Crippen LogP contribution < -0.4 is 5.32 Å². The zero-order valence-corrected chi connectivity index (χ0v) is 9.82. The minimum Gasteiger partial charge on any atom is -0.469 e. The number of carbonyl (C=O) groups is 1. The van der Waals surface area contributed by atoms with E-state index in [2.05, 4.69) is 10.2 Å². The van der Waals surface area contributed by atoms with E-state index in [-0.39, 0.29) is 11.9 Å². The molecule has 4 nitrogen and oxygen atoms in total. The molecule has 16 heavy (non-hydrogen) atoms. The smallest absolute Gasteiger partial charge is 0.309 e. The summed E-state index contributed by atoms with van der Waals surface area (Å²) in [7, 11) is 1.50. The van der Waals surface area contributed by atoms with Crippen molar-refractivity contribution < 1.29 is 9.53 Å². The first kappa shape index (κ1) is 10.5. The maximum Gasteiger partial charge on any atom is 0.309 e. The molecule has 3 aliphatic rings. The summed E-state index contributed by atoms with van der Waals surface area (Å²) < 4.78 is 4.82. The van der Waals surface area contributed by atoms with Gasteiger partial charge in [-0.25, -0.2) is 0 Å². The molecule has 90 valence electrons. The summed E-state index contributed by atoms with van der Waals surface area (Å²) >= 11 is 0. The van der Waals surface area contributed by atoms with Crippen LogP contribution in [0.2, 0.25) is 0 Å². The van der Waals surface area contributed by atoms with E-state index >= 15 is 0 Å². The molecular formula is C12H20N2O2. The average Bonchev–Trinajstić information content (AvgIpc) is 2.84. The summed E-state index contributed by atoms with van der Waals surface area (Å²) in [5.74, 6) is 1.41. The second-order valence-corrected chi connectivity index (χ2v) is 5.33. The summed E-state index contributed by atoms with van der Waals surface area (Å²) in [6.07, 6.45) is 2.60. The lowest BCUT2D eigenvalue weighted by Gasteiger charge is -2.32. The molecule has 0 aromatic heterocycles. The summed E-state index contributed by atoms with van der Waals surface area (Å²) in [6.45, 7) is 4.51. The molecule has 0 amide bonds. The lowest BCUT2D eigenvalue weighted by atomic mass is 10.1. The highest BCUT2D eigenvalue weighted by Gasteiger charge is 2.60. The Labute approximate surface area is 96.3 Å². The van der Waals surface area contributed by atoms with Gasteiger partial charge >= 0.3 is 5.97 Å². The maximum atomic E-state index is 11.4. The molecule has 2 saturated heterocycles. The van der Waals surface area contributed by atoms with Crippen LogP contribution in [0.3, 0.4) is 0 Å². The fraction of sp³-hybridized carbons (Fsp3) is 0.917. The van der Waals surface area contributed by atoms with Crippen molar-refractivity contribution in [1.82, 2.24) is 10.2 Å². The highest BCUT2D eigenvalue weighted by molar-refractivity contribution is 5.76. The number of piperidine rings is 2. The van der Waals surface area contributed by atoms with Crippen LogP contribution in [0, 0.1) is 17.8 Å². The Morgan fingerprint density at radius 3 is 2.69 bits per heavy atom. The summed E-state index contributed by atoms with van der Waals surface area (Å²) in [5, 5.41) is 3.45. The normalized spacial score (nSPS) is 42.8. The Morgan fingerprint density at radius 2 is 2.12 bits per heavy atom. The molecule has 3 fully saturated rings. The number of carbonyl (C=O) groups excluding carboxylic acids is 1. The van der Waals surface area contributed by atoms with Crippen LogP contribution in [0.25, 0.3) is 0 Å². The topological polar surface area (TPSA) is 41.6 Å². The average molecular weight is 224 g/mol. The van der Waals surface area contributed by atoms with Crippen LogP contribution in [0.15, 0.2) is 0 Å². The standard InChI is InChI=1S/C12H20N2O2/c1-16-12(15)11-9-6-14(7-10(9)11)8-3-2-4-13-5-8/h8-11,13H,2-7H2,1H3. The van der Waals surface area contributed by atoms with Crippen LogP contribution in [-0.4, -0.2) is 50.2 Å². The zero-order valence-electron chi connectivity index (χ0n) is 9.82. The Bertz CT molecular complexity index is 277. The summed E-state index contributed by atoms with van der Waals surface area (Å²) in [6, 6.07) is 0.708. The van der Waals surface area contributed by atoms with Crippen molar-refractivity contribution in [3.8, 4) is 0 Å². The van der Waals surface area contributed by atoms with E-state index in [4.69, 9.17) is 4.74 Å². The lowest BCUT2D eigenvalue weighted by Crippen LogP contribution is -2.46. The first-order valence-electron chi connectivity index (χ1n) is 6.34. The number of fused-ring (bicyclic) bond motifs is 1. The maximum absolute atomic E-state index is 11.4. The minimum absolute atomic E-state index is 0.0106. The molecule has 1 N–H and O–H groups in total. The number of nitrogens with zero attached hydrogens (tertiary/aromatic N) is 1. The van der Waals surface area contributed by atoms with Gasteiger partial charge in [0, 0.05) is 25.7 Å². The predicted octanol–water partition coefficient (Wildman–Crippen LogP) is 0.0892. The van der Waals surface area contributed by atoms with Gasteiger partial charge < -0.3 is 10.1 Å². The first-order valence-corrected chi connectivity index (χ1v) is 6.34. The largest absolute Gasteiger partial charge is 0.469 e. The Kier molecular flexibility index (Phi) is 2.64. The highest BCUT2D eigenvalue weighted by Crippen LogP contribution is 2.52. The Morgan fingerprint density at radius 1 is 1.38 bits per heavy atom. The number of nitrogens with one attached hydrogen (secondary N) is 1. The second kappa shape index (κ2) is 4.00. The van der Waals surface area contributed by atoms with E-state index in [1.165, 1.54) is 26.5 Å². The van der Waals surface area contributed by atoms with Crippen LogP contribution in [-0.2, 0) is 9.53 Å². The molecule has 1 aliphatic carbocycles. The monoisotopic (exact) mass is 224 g/mol. The van der Waals surface area contributed by atoms with Gasteiger partial charge in [-0.05, 0) is 31.2 Å². The van der Waals surface area contributed by atoms with Crippen molar-refractivity contribution >= 4 is 5.97 Å². The van der Waals surface area contributed by atoms with Gasteiger partial charge in [0.05, 0.1) is 13.0 Å². The van der Waals surface area contributed by atoms with E-state index < -0.39 is 0 Å². The molecule has 1 saturated carbocycles. The first-order chi connectivity index (χ1) is 7.81. The van der Waals surface area contributed by atoms with Gasteiger partial charge in [0.15, 0.2) is 0 Å². The van der Waals surface area contributed by atoms with E-state index in [0.717, 1.165) is 19.6 Å². The number of likely N-dealkylation sites (tertiary alicyclic amines) is 1. The van der Waals surface area contributed by atoms with Crippen molar-refractivity contribution in [3.05, 3.63) is 0 Å². The van der Waals surface area contributed by atoms with Crippen LogP contribution >= 0.6 is 0 Å². The summed E-state index contributed by atoms with van der Waals surface area (Å²) in [5.41, 5.74) is 0. The van der Waals surface area contributed by atoms with E-state index in [9.17, 15) is 4.79 Å². The highest BCUT2D eigenvalue weighted by atomic mass is 16.5. The summed E-state index contributed by atoms with van der Waals surface area (Å²) in [4.78, 5) is 14.0. The third-order valence-corrected chi connectivity index (χ3v) is 4.48. The van der Waals surface area contributed by atoms with Gasteiger partial charge in [0.2, 0.25) is 0 Å². The molecule has 0 bridgehead atoms. The fourth-order valence-electron chi connectivity index (χ4n) is 3.49. The van der Waals surface area contributed by atoms with Gasteiger partial charge in [0.1, 0.15) is 0 Å². The van der Waals surface area contributed by atoms with Crippen LogP contribution in [0.1, 0.15) is 12.8 Å². The van der Waals surface area contributed by atoms with Crippen molar-refractivity contribution in [1.29, 1.82) is 0 Å². The lowest BCUT2D eigenvalue weighted by molar-refractivity contribution is -0.143. The van der Waals surface area contributed by atoms with Crippen molar-refractivity contribution in [2.75, 3.05) is 33.3 Å².